The molecule has 10 nitrogen and oxygen atoms in total. The van der Waals surface area contributed by atoms with Crippen LogP contribution in [0.5, 0.6) is 0 Å². The number of carbonyl (C=O) groups is 1. The highest BCUT2D eigenvalue weighted by Gasteiger charge is 2.56. The van der Waals surface area contributed by atoms with Crippen LogP contribution in [-0.2, 0) is 27.1 Å². The molecule has 11 heteroatoms. The van der Waals surface area contributed by atoms with Crippen molar-refractivity contribution in [1.82, 2.24) is 19.5 Å². The fourth-order valence-corrected chi connectivity index (χ4v) is 4.29. The number of aliphatic carboxylic acids is 1. The van der Waals surface area contributed by atoms with Crippen molar-refractivity contribution in [3.63, 3.8) is 0 Å². The number of ether oxygens (including phenoxy) is 2. The molecule has 4 rings (SSSR count). The second kappa shape index (κ2) is 10.3. The summed E-state index contributed by atoms with van der Waals surface area (Å²) in [6, 6.07) is 8.98. The molecular formula is C24H25ClN4O6. The van der Waals surface area contributed by atoms with Crippen LogP contribution in [0.25, 0.3) is 11.2 Å². The van der Waals surface area contributed by atoms with E-state index >= 15 is 0 Å². The number of benzene rings is 1. The van der Waals surface area contributed by atoms with E-state index in [4.69, 9.17) is 27.5 Å². The topological polar surface area (TPSA) is 140 Å². The first-order chi connectivity index (χ1) is 16.8. The average molecular weight is 501 g/mol. The van der Waals surface area contributed by atoms with Crippen LogP contribution in [0.1, 0.15) is 30.8 Å². The predicted molar refractivity (Wildman–Crippen MR) is 126 cm³/mol. The van der Waals surface area contributed by atoms with Gasteiger partial charge in [-0.3, -0.25) is 4.57 Å². The van der Waals surface area contributed by atoms with Crippen LogP contribution >= 0.6 is 11.6 Å². The van der Waals surface area contributed by atoms with Crippen molar-refractivity contribution in [1.29, 1.82) is 0 Å². The van der Waals surface area contributed by atoms with Crippen LogP contribution in [-0.4, -0.2) is 71.3 Å². The van der Waals surface area contributed by atoms with Crippen molar-refractivity contribution < 1.29 is 29.6 Å². The Morgan fingerprint density at radius 1 is 1.37 bits per heavy atom. The zero-order valence-electron chi connectivity index (χ0n) is 18.9. The van der Waals surface area contributed by atoms with Crippen LogP contribution in [0.2, 0.25) is 5.28 Å². The first kappa shape index (κ1) is 25.0. The highest BCUT2D eigenvalue weighted by Crippen LogP contribution is 2.38. The average Bonchev–Trinajstić information content (AvgIpc) is 3.36. The van der Waals surface area contributed by atoms with E-state index in [1.807, 2.05) is 13.0 Å². The number of rotatable bonds is 9. The van der Waals surface area contributed by atoms with Gasteiger partial charge in [0.2, 0.25) is 5.28 Å². The number of aliphatic hydroxyl groups is 2. The number of terminal acetylenes is 1. The smallest absolute Gasteiger partial charge is 0.333 e. The van der Waals surface area contributed by atoms with E-state index in [1.165, 1.54) is 10.9 Å². The number of hydrogen-bond acceptors (Lipinski definition) is 8. The van der Waals surface area contributed by atoms with Gasteiger partial charge in [0, 0.05) is 6.42 Å². The number of halogens is 1. The molecule has 0 bridgehead atoms. The molecule has 0 amide bonds. The third-order valence-electron chi connectivity index (χ3n) is 5.96. The van der Waals surface area contributed by atoms with Crippen LogP contribution in [0.4, 0.5) is 0 Å². The minimum Gasteiger partial charge on any atom is -0.479 e. The van der Waals surface area contributed by atoms with Gasteiger partial charge in [-0.05, 0) is 23.6 Å². The summed E-state index contributed by atoms with van der Waals surface area (Å²) in [5, 5.41) is 31.6. The van der Waals surface area contributed by atoms with Crippen molar-refractivity contribution in [3.05, 3.63) is 53.2 Å². The SMILES string of the molecule is C#C[C@@]1(O)[C@@H](COC(Cc2ccccc2)C(=O)O)O[C@@H](n2cnc3c(CCC)nc(Cl)nc32)[C@@H]1O. The minimum atomic E-state index is -2.15. The number of fused-ring (bicyclic) bond motifs is 1. The lowest BCUT2D eigenvalue weighted by molar-refractivity contribution is -0.156. The molecular weight excluding hydrogens is 476 g/mol. The van der Waals surface area contributed by atoms with E-state index in [0.717, 1.165) is 12.0 Å². The predicted octanol–water partition coefficient (Wildman–Crippen LogP) is 1.77. The molecule has 3 N–H and O–H groups in total. The maximum Gasteiger partial charge on any atom is 0.333 e. The van der Waals surface area contributed by atoms with E-state index in [9.17, 15) is 20.1 Å². The summed E-state index contributed by atoms with van der Waals surface area (Å²) in [5.74, 6) is 1.01. The van der Waals surface area contributed by atoms with E-state index in [1.54, 1.807) is 24.3 Å². The molecule has 3 aromatic rings. The van der Waals surface area contributed by atoms with Crippen molar-refractivity contribution in [2.75, 3.05) is 6.61 Å². The third-order valence-corrected chi connectivity index (χ3v) is 6.13. The van der Waals surface area contributed by atoms with Gasteiger partial charge in [0.15, 0.2) is 23.6 Å². The lowest BCUT2D eigenvalue weighted by Crippen LogP contribution is -2.48. The second-order valence-electron chi connectivity index (χ2n) is 8.29. The molecule has 184 valence electrons. The summed E-state index contributed by atoms with van der Waals surface area (Å²) in [4.78, 5) is 24.6. The Bertz CT molecular complexity index is 1250. The maximum absolute atomic E-state index is 11.8. The van der Waals surface area contributed by atoms with E-state index in [-0.39, 0.29) is 18.3 Å². The fraction of sp³-hybridized carbons (Fsp3) is 0.417. The maximum atomic E-state index is 11.8. The molecule has 0 aliphatic carbocycles. The first-order valence-corrected chi connectivity index (χ1v) is 11.5. The first-order valence-electron chi connectivity index (χ1n) is 11.1. The van der Waals surface area contributed by atoms with Gasteiger partial charge in [-0.1, -0.05) is 49.6 Å². The van der Waals surface area contributed by atoms with Gasteiger partial charge in [-0.2, -0.15) is 4.98 Å². The van der Waals surface area contributed by atoms with Crippen molar-refractivity contribution in [2.45, 2.75) is 56.3 Å². The Balaban J connectivity index is 1.58. The van der Waals surface area contributed by atoms with Gasteiger partial charge < -0.3 is 24.8 Å². The van der Waals surface area contributed by atoms with Crippen molar-refractivity contribution in [3.8, 4) is 12.3 Å². The summed E-state index contributed by atoms with van der Waals surface area (Å²) in [5.41, 5.74) is 0.0589. The van der Waals surface area contributed by atoms with E-state index in [2.05, 4.69) is 20.9 Å². The lowest BCUT2D eigenvalue weighted by atomic mass is 9.93. The van der Waals surface area contributed by atoms with Crippen LogP contribution in [0, 0.1) is 12.3 Å². The number of hydrogen-bond donors (Lipinski definition) is 3. The number of carboxylic acids is 1. The van der Waals surface area contributed by atoms with E-state index < -0.39 is 36.1 Å². The molecule has 0 radical (unpaired) electrons. The minimum absolute atomic E-state index is 0.00694. The Kier molecular flexibility index (Phi) is 7.35. The molecule has 0 saturated carbocycles. The van der Waals surface area contributed by atoms with Gasteiger partial charge in [-0.25, -0.2) is 14.8 Å². The Hall–Kier alpha value is -3.07. The summed E-state index contributed by atoms with van der Waals surface area (Å²) >= 11 is 6.10. The van der Waals surface area contributed by atoms with Crippen LogP contribution in [0.15, 0.2) is 36.7 Å². The molecule has 1 aliphatic heterocycles. The standard InChI is InChI=1S/C24H25ClN4O6/c1-3-8-15-18-20(28-23(25)27-15)29(13-26-18)21-19(30)24(33,4-2)17(35-21)12-34-16(22(31)32)11-14-9-6-5-7-10-14/h2,5-7,9-10,13,16-17,19,21,30,33H,3,8,11-12H2,1H3,(H,31,32)/t16?,17-,19+,21-,24-/m1/s1. The van der Waals surface area contributed by atoms with Gasteiger partial charge >= 0.3 is 5.97 Å². The van der Waals surface area contributed by atoms with Crippen molar-refractivity contribution in [2.24, 2.45) is 0 Å². The Morgan fingerprint density at radius 2 is 2.11 bits per heavy atom. The van der Waals surface area contributed by atoms with Gasteiger partial charge in [0.05, 0.1) is 18.6 Å². The molecule has 35 heavy (non-hydrogen) atoms. The normalized spacial score (nSPS) is 24.9. The molecule has 5 atom stereocenters. The van der Waals surface area contributed by atoms with Gasteiger partial charge in [-0.15, -0.1) is 6.42 Å². The number of imidazole rings is 1. The number of nitrogens with zero attached hydrogens (tertiary/aromatic N) is 4. The Morgan fingerprint density at radius 3 is 2.77 bits per heavy atom. The quantitative estimate of drug-likeness (QED) is 0.296. The van der Waals surface area contributed by atoms with Crippen molar-refractivity contribution >= 4 is 28.7 Å². The zero-order valence-corrected chi connectivity index (χ0v) is 19.7. The summed E-state index contributed by atoms with van der Waals surface area (Å²) in [6.07, 6.45) is 3.30. The number of aromatic nitrogens is 4. The number of aryl methyl sites for hydroxylation is 1. The lowest BCUT2D eigenvalue weighted by Gasteiger charge is -2.26. The van der Waals surface area contributed by atoms with Gasteiger partial charge in [0.25, 0.3) is 0 Å². The highest BCUT2D eigenvalue weighted by atomic mass is 35.5. The molecule has 1 fully saturated rings. The molecule has 1 aliphatic rings. The Labute approximate surface area is 206 Å². The summed E-state index contributed by atoms with van der Waals surface area (Å²) in [6.45, 7) is 1.62. The zero-order chi connectivity index (χ0) is 25.2. The molecule has 1 saturated heterocycles. The van der Waals surface area contributed by atoms with E-state index in [0.29, 0.717) is 23.3 Å². The monoisotopic (exact) mass is 500 g/mol. The third kappa shape index (κ3) is 4.87. The molecule has 1 aromatic carbocycles. The summed E-state index contributed by atoms with van der Waals surface area (Å²) < 4.78 is 12.9. The second-order valence-corrected chi connectivity index (χ2v) is 8.63. The fourth-order valence-electron chi connectivity index (χ4n) is 4.11. The van der Waals surface area contributed by atoms with Crippen LogP contribution in [0.3, 0.4) is 0 Å². The highest BCUT2D eigenvalue weighted by molar-refractivity contribution is 6.28. The van der Waals surface area contributed by atoms with Gasteiger partial charge in [0.1, 0.15) is 17.7 Å². The molecule has 2 aromatic heterocycles. The largest absolute Gasteiger partial charge is 0.479 e. The molecule has 1 unspecified atom stereocenters. The van der Waals surface area contributed by atoms with Crippen LogP contribution < -0.4 is 0 Å². The number of carboxylic acid groups (broad SMARTS) is 1. The summed E-state index contributed by atoms with van der Waals surface area (Å²) in [7, 11) is 0. The molecule has 3 heterocycles. The number of aliphatic hydroxyl groups excluding tert-OH is 1. The molecule has 0 spiro atoms.